The van der Waals surface area contributed by atoms with Crippen LogP contribution in [0, 0.1) is 19.8 Å². The molecule has 2 rings (SSSR count). The normalized spacial score (nSPS) is 16.4. The summed E-state index contributed by atoms with van der Waals surface area (Å²) in [6.07, 6.45) is 3.50. The van der Waals surface area contributed by atoms with E-state index in [1.54, 1.807) is 0 Å². The minimum atomic E-state index is 0.203. The molecule has 0 bridgehead atoms. The first-order valence-corrected chi connectivity index (χ1v) is 7.63. The molecule has 1 aliphatic heterocycles. The highest BCUT2D eigenvalue weighted by molar-refractivity contribution is 5.95. The van der Waals surface area contributed by atoms with Gasteiger partial charge in [-0.2, -0.15) is 0 Å². The number of carbonyl (C=O) groups is 1. The molecular formula is C17H26N2O. The zero-order valence-electron chi connectivity index (χ0n) is 12.9. The Labute approximate surface area is 122 Å². The predicted molar refractivity (Wildman–Crippen MR) is 83.1 cm³/mol. The van der Waals surface area contributed by atoms with Crippen LogP contribution in [-0.4, -0.2) is 37.5 Å². The van der Waals surface area contributed by atoms with Crippen LogP contribution >= 0.6 is 0 Å². The van der Waals surface area contributed by atoms with Crippen molar-refractivity contribution in [2.24, 2.45) is 5.92 Å². The maximum Gasteiger partial charge on any atom is 0.254 e. The summed E-state index contributed by atoms with van der Waals surface area (Å²) in [6.45, 7) is 6.98. The van der Waals surface area contributed by atoms with E-state index in [1.165, 1.54) is 12.0 Å². The van der Waals surface area contributed by atoms with Crippen LogP contribution in [0.5, 0.6) is 0 Å². The Balaban J connectivity index is 1.94. The Morgan fingerprint density at radius 2 is 2.00 bits per heavy atom. The summed E-state index contributed by atoms with van der Waals surface area (Å²) in [4.78, 5) is 14.6. The lowest BCUT2D eigenvalue weighted by Gasteiger charge is -2.32. The van der Waals surface area contributed by atoms with Crippen molar-refractivity contribution in [2.45, 2.75) is 33.1 Å². The van der Waals surface area contributed by atoms with E-state index in [-0.39, 0.29) is 5.91 Å². The van der Waals surface area contributed by atoms with E-state index in [0.29, 0.717) is 0 Å². The number of hydrogen-bond donors (Lipinski definition) is 1. The molecule has 0 radical (unpaired) electrons. The van der Waals surface area contributed by atoms with Crippen LogP contribution in [0.15, 0.2) is 18.2 Å². The Hall–Kier alpha value is -1.35. The predicted octanol–water partition coefficient (Wildman–Crippen LogP) is 2.77. The fraction of sp³-hybridized carbons (Fsp3) is 0.588. The Bertz CT molecular complexity index is 462. The van der Waals surface area contributed by atoms with E-state index in [9.17, 15) is 4.79 Å². The van der Waals surface area contributed by atoms with Gasteiger partial charge in [-0.05, 0) is 64.3 Å². The highest BCUT2D eigenvalue weighted by Crippen LogP contribution is 2.22. The number of aryl methyl sites for hydroxylation is 2. The second kappa shape index (κ2) is 6.89. The van der Waals surface area contributed by atoms with Gasteiger partial charge in [0.05, 0.1) is 0 Å². The maximum atomic E-state index is 12.6. The maximum absolute atomic E-state index is 12.6. The molecule has 1 fully saturated rings. The summed E-state index contributed by atoms with van der Waals surface area (Å²) in [6, 6.07) is 6.09. The lowest BCUT2D eigenvalue weighted by atomic mass is 9.93. The summed E-state index contributed by atoms with van der Waals surface area (Å²) in [5.41, 5.74) is 3.17. The highest BCUT2D eigenvalue weighted by atomic mass is 16.2. The number of nitrogens with one attached hydrogen (secondary N) is 1. The Morgan fingerprint density at radius 1 is 1.30 bits per heavy atom. The zero-order chi connectivity index (χ0) is 14.5. The van der Waals surface area contributed by atoms with Gasteiger partial charge in [0.15, 0.2) is 0 Å². The SMILES string of the molecule is CNCCC1CCN(C(=O)c2ccc(C)cc2C)CC1. The van der Waals surface area contributed by atoms with Gasteiger partial charge in [0.2, 0.25) is 0 Å². The molecule has 1 aromatic carbocycles. The van der Waals surface area contributed by atoms with Crippen LogP contribution < -0.4 is 5.32 Å². The van der Waals surface area contributed by atoms with Gasteiger partial charge in [0.25, 0.3) is 5.91 Å². The molecule has 1 amide bonds. The third-order valence-electron chi connectivity index (χ3n) is 4.32. The molecule has 0 saturated carbocycles. The summed E-state index contributed by atoms with van der Waals surface area (Å²) in [5, 5.41) is 3.21. The third-order valence-corrected chi connectivity index (χ3v) is 4.32. The molecule has 0 unspecified atom stereocenters. The fourth-order valence-electron chi connectivity index (χ4n) is 3.00. The van der Waals surface area contributed by atoms with Crippen molar-refractivity contribution < 1.29 is 4.79 Å². The lowest BCUT2D eigenvalue weighted by molar-refractivity contribution is 0.0686. The molecular weight excluding hydrogens is 248 g/mol. The number of amides is 1. The van der Waals surface area contributed by atoms with Crippen LogP contribution in [-0.2, 0) is 0 Å². The molecule has 3 heteroatoms. The van der Waals surface area contributed by atoms with E-state index >= 15 is 0 Å². The van der Waals surface area contributed by atoms with Gasteiger partial charge >= 0.3 is 0 Å². The van der Waals surface area contributed by atoms with Gasteiger partial charge in [0, 0.05) is 18.7 Å². The molecule has 110 valence electrons. The molecule has 1 N–H and O–H groups in total. The van der Waals surface area contributed by atoms with Crippen LogP contribution in [0.3, 0.4) is 0 Å². The van der Waals surface area contributed by atoms with Crippen molar-refractivity contribution in [1.82, 2.24) is 10.2 Å². The van der Waals surface area contributed by atoms with E-state index in [4.69, 9.17) is 0 Å². The number of rotatable bonds is 4. The summed E-state index contributed by atoms with van der Waals surface area (Å²) in [7, 11) is 2.00. The Morgan fingerprint density at radius 3 is 2.60 bits per heavy atom. The van der Waals surface area contributed by atoms with Gasteiger partial charge in [-0.1, -0.05) is 17.7 Å². The molecule has 0 spiro atoms. The number of piperidine rings is 1. The molecule has 3 nitrogen and oxygen atoms in total. The number of hydrogen-bond acceptors (Lipinski definition) is 2. The van der Waals surface area contributed by atoms with Crippen molar-refractivity contribution in [2.75, 3.05) is 26.7 Å². The van der Waals surface area contributed by atoms with Crippen LogP contribution in [0.4, 0.5) is 0 Å². The van der Waals surface area contributed by atoms with Crippen LogP contribution in [0.2, 0.25) is 0 Å². The Kier molecular flexibility index (Phi) is 5.18. The largest absolute Gasteiger partial charge is 0.339 e. The molecule has 1 saturated heterocycles. The molecule has 0 aromatic heterocycles. The average Bonchev–Trinajstić information content (AvgIpc) is 2.45. The first kappa shape index (κ1) is 15.0. The van der Waals surface area contributed by atoms with Gasteiger partial charge in [0.1, 0.15) is 0 Å². The quantitative estimate of drug-likeness (QED) is 0.915. The van der Waals surface area contributed by atoms with Crippen LogP contribution in [0.25, 0.3) is 0 Å². The summed E-state index contributed by atoms with van der Waals surface area (Å²) in [5.74, 6) is 0.972. The van der Waals surface area contributed by atoms with Gasteiger partial charge < -0.3 is 10.2 Å². The van der Waals surface area contributed by atoms with Crippen molar-refractivity contribution in [3.05, 3.63) is 34.9 Å². The van der Waals surface area contributed by atoms with E-state index in [1.807, 2.05) is 31.0 Å². The second-order valence-electron chi connectivity index (χ2n) is 5.95. The lowest BCUT2D eigenvalue weighted by Crippen LogP contribution is -2.39. The van der Waals surface area contributed by atoms with Crippen molar-refractivity contribution >= 4 is 5.91 Å². The minimum Gasteiger partial charge on any atom is -0.339 e. The molecule has 0 aliphatic carbocycles. The number of nitrogens with zero attached hydrogens (tertiary/aromatic N) is 1. The van der Waals surface area contributed by atoms with Gasteiger partial charge in [-0.15, -0.1) is 0 Å². The van der Waals surface area contributed by atoms with Crippen molar-refractivity contribution in [3.8, 4) is 0 Å². The standard InChI is InChI=1S/C17H26N2O/c1-13-4-5-16(14(2)12-13)17(20)19-10-7-15(8-11-19)6-9-18-3/h4-5,12,15,18H,6-11H2,1-3H3. The van der Waals surface area contributed by atoms with Crippen molar-refractivity contribution in [3.63, 3.8) is 0 Å². The van der Waals surface area contributed by atoms with Gasteiger partial charge in [-0.3, -0.25) is 4.79 Å². The van der Waals surface area contributed by atoms with E-state index < -0.39 is 0 Å². The monoisotopic (exact) mass is 274 g/mol. The van der Waals surface area contributed by atoms with Gasteiger partial charge in [-0.25, -0.2) is 0 Å². The van der Waals surface area contributed by atoms with E-state index in [2.05, 4.69) is 18.3 Å². The summed E-state index contributed by atoms with van der Waals surface area (Å²) >= 11 is 0. The molecule has 1 heterocycles. The first-order valence-electron chi connectivity index (χ1n) is 7.63. The average molecular weight is 274 g/mol. The molecule has 0 atom stereocenters. The number of carbonyl (C=O) groups excluding carboxylic acids is 1. The number of likely N-dealkylation sites (tertiary alicyclic amines) is 1. The second-order valence-corrected chi connectivity index (χ2v) is 5.95. The molecule has 1 aliphatic rings. The first-order chi connectivity index (χ1) is 9.61. The molecule has 1 aromatic rings. The highest BCUT2D eigenvalue weighted by Gasteiger charge is 2.24. The number of benzene rings is 1. The molecule has 20 heavy (non-hydrogen) atoms. The zero-order valence-corrected chi connectivity index (χ0v) is 12.9. The fourth-order valence-corrected chi connectivity index (χ4v) is 3.00. The topological polar surface area (TPSA) is 32.3 Å². The summed E-state index contributed by atoms with van der Waals surface area (Å²) < 4.78 is 0. The van der Waals surface area contributed by atoms with E-state index in [0.717, 1.165) is 49.5 Å². The third kappa shape index (κ3) is 3.60. The smallest absolute Gasteiger partial charge is 0.254 e. The van der Waals surface area contributed by atoms with Crippen LogP contribution in [0.1, 0.15) is 40.7 Å². The minimum absolute atomic E-state index is 0.203. The van der Waals surface area contributed by atoms with Crippen molar-refractivity contribution in [1.29, 1.82) is 0 Å².